The first-order valence-electron chi connectivity index (χ1n) is 9.46. The molecule has 2 N–H and O–H groups in total. The molecule has 2 aliphatic rings. The maximum Gasteiger partial charge on any atom is 0.274 e. The van der Waals surface area contributed by atoms with E-state index < -0.39 is 0 Å². The van der Waals surface area contributed by atoms with Gasteiger partial charge in [-0.1, -0.05) is 27.2 Å². The summed E-state index contributed by atoms with van der Waals surface area (Å²) in [6.45, 7) is 9.38. The number of nitrogens with zero attached hydrogens (tertiary/aromatic N) is 2. The van der Waals surface area contributed by atoms with Crippen molar-refractivity contribution < 1.29 is 9.59 Å². The fraction of sp³-hybridized carbons (Fsp3) is 0.737. The molecule has 1 aromatic heterocycles. The lowest BCUT2D eigenvalue weighted by Crippen LogP contribution is -2.51. The van der Waals surface area contributed by atoms with Crippen molar-refractivity contribution in [2.75, 3.05) is 13.1 Å². The first-order valence-corrected chi connectivity index (χ1v) is 9.46. The van der Waals surface area contributed by atoms with Crippen molar-refractivity contribution in [3.05, 3.63) is 17.5 Å². The molecule has 0 bridgehead atoms. The molecule has 1 aromatic rings. The van der Waals surface area contributed by atoms with Crippen LogP contribution in [0.5, 0.6) is 0 Å². The molecule has 25 heavy (non-hydrogen) atoms. The molecule has 2 unspecified atom stereocenters. The van der Waals surface area contributed by atoms with Crippen molar-refractivity contribution >= 4 is 11.8 Å². The van der Waals surface area contributed by atoms with Crippen LogP contribution in [0.15, 0.2) is 6.07 Å². The molecule has 6 heteroatoms. The lowest BCUT2D eigenvalue weighted by atomic mass is 9.76. The summed E-state index contributed by atoms with van der Waals surface area (Å²) in [5, 5.41) is 10.3. The van der Waals surface area contributed by atoms with Gasteiger partial charge in [0.15, 0.2) is 0 Å². The van der Waals surface area contributed by atoms with Gasteiger partial charge in [0.2, 0.25) is 5.91 Å². The van der Waals surface area contributed by atoms with Crippen LogP contribution >= 0.6 is 0 Å². The third kappa shape index (κ3) is 3.72. The van der Waals surface area contributed by atoms with Gasteiger partial charge < -0.3 is 10.2 Å². The first-order chi connectivity index (χ1) is 11.8. The van der Waals surface area contributed by atoms with Gasteiger partial charge in [-0.2, -0.15) is 5.10 Å². The van der Waals surface area contributed by atoms with Gasteiger partial charge >= 0.3 is 0 Å². The van der Waals surface area contributed by atoms with Crippen molar-refractivity contribution in [2.45, 2.75) is 64.8 Å². The lowest BCUT2D eigenvalue weighted by molar-refractivity contribution is -0.128. The van der Waals surface area contributed by atoms with Crippen molar-refractivity contribution in [1.29, 1.82) is 0 Å². The average molecular weight is 346 g/mol. The summed E-state index contributed by atoms with van der Waals surface area (Å²) in [5.41, 5.74) is 1.08. The Morgan fingerprint density at radius 3 is 2.64 bits per heavy atom. The SMILES string of the molecule is CC(C)c1cc(C(=O)N2CCC(C)(NC(=O)C(C)C3CCC3)C2)n[nH]1. The minimum Gasteiger partial charge on any atom is -0.349 e. The second kappa shape index (κ2) is 6.81. The third-order valence-corrected chi connectivity index (χ3v) is 5.89. The van der Waals surface area contributed by atoms with Crippen LogP contribution in [0.3, 0.4) is 0 Å². The Hall–Kier alpha value is -1.85. The number of amides is 2. The number of rotatable bonds is 5. The predicted octanol–water partition coefficient (Wildman–Crippen LogP) is 2.69. The standard InChI is InChI=1S/C19H30N4O2/c1-12(2)15-10-16(22-21-15)18(25)23-9-8-19(4,11-23)20-17(24)13(3)14-6-5-7-14/h10,12-14H,5-9,11H2,1-4H3,(H,20,24)(H,21,22). The van der Waals surface area contributed by atoms with Gasteiger partial charge in [0.25, 0.3) is 5.91 Å². The van der Waals surface area contributed by atoms with Crippen molar-refractivity contribution in [3.8, 4) is 0 Å². The Bertz CT molecular complexity index is 650. The average Bonchev–Trinajstić information content (AvgIpc) is 3.12. The van der Waals surface area contributed by atoms with E-state index in [1.165, 1.54) is 6.42 Å². The Labute approximate surface area is 149 Å². The van der Waals surface area contributed by atoms with E-state index in [1.54, 1.807) is 4.90 Å². The van der Waals surface area contributed by atoms with Gasteiger partial charge in [0.05, 0.1) is 5.54 Å². The minimum absolute atomic E-state index is 0.0619. The van der Waals surface area contributed by atoms with Gasteiger partial charge in [-0.25, -0.2) is 0 Å². The Kier molecular flexibility index (Phi) is 4.89. The van der Waals surface area contributed by atoms with Gasteiger partial charge in [0.1, 0.15) is 5.69 Å². The Balaban J connectivity index is 1.59. The van der Waals surface area contributed by atoms with Crippen LogP contribution in [-0.2, 0) is 4.79 Å². The van der Waals surface area contributed by atoms with E-state index in [0.717, 1.165) is 25.0 Å². The van der Waals surface area contributed by atoms with Crippen molar-refractivity contribution in [1.82, 2.24) is 20.4 Å². The molecule has 2 atom stereocenters. The van der Waals surface area contributed by atoms with E-state index in [4.69, 9.17) is 0 Å². The number of likely N-dealkylation sites (tertiary alicyclic amines) is 1. The highest BCUT2D eigenvalue weighted by molar-refractivity contribution is 5.92. The number of aromatic nitrogens is 2. The zero-order chi connectivity index (χ0) is 18.2. The maximum atomic E-state index is 12.7. The van der Waals surface area contributed by atoms with Crippen LogP contribution in [0.1, 0.15) is 75.5 Å². The normalized spacial score (nSPS) is 25.1. The first kappa shape index (κ1) is 18.0. The summed E-state index contributed by atoms with van der Waals surface area (Å²) in [7, 11) is 0. The van der Waals surface area contributed by atoms with E-state index in [0.29, 0.717) is 30.6 Å². The summed E-state index contributed by atoms with van der Waals surface area (Å²) < 4.78 is 0. The number of hydrogen-bond acceptors (Lipinski definition) is 3. The zero-order valence-corrected chi connectivity index (χ0v) is 15.8. The summed E-state index contributed by atoms with van der Waals surface area (Å²) >= 11 is 0. The van der Waals surface area contributed by atoms with Crippen LogP contribution in [0, 0.1) is 11.8 Å². The molecule has 0 spiro atoms. The van der Waals surface area contributed by atoms with Crippen LogP contribution in [0.2, 0.25) is 0 Å². The van der Waals surface area contributed by atoms with Crippen LogP contribution in [0.4, 0.5) is 0 Å². The van der Waals surface area contributed by atoms with Crippen molar-refractivity contribution in [2.24, 2.45) is 11.8 Å². The lowest BCUT2D eigenvalue weighted by Gasteiger charge is -2.34. The second-order valence-electron chi connectivity index (χ2n) is 8.37. The van der Waals surface area contributed by atoms with E-state index in [9.17, 15) is 9.59 Å². The largest absolute Gasteiger partial charge is 0.349 e. The molecule has 2 fully saturated rings. The van der Waals surface area contributed by atoms with Crippen LogP contribution in [-0.4, -0.2) is 45.5 Å². The summed E-state index contributed by atoms with van der Waals surface area (Å²) in [6.07, 6.45) is 4.34. The highest BCUT2D eigenvalue weighted by atomic mass is 16.2. The molecule has 0 aromatic carbocycles. The fourth-order valence-corrected chi connectivity index (χ4v) is 3.71. The molecule has 1 aliphatic heterocycles. The molecule has 138 valence electrons. The number of carbonyl (C=O) groups excluding carboxylic acids is 2. The number of H-pyrrole nitrogens is 1. The van der Waals surface area contributed by atoms with Crippen LogP contribution < -0.4 is 5.32 Å². The second-order valence-corrected chi connectivity index (χ2v) is 8.37. The van der Waals surface area contributed by atoms with Crippen molar-refractivity contribution in [3.63, 3.8) is 0 Å². The van der Waals surface area contributed by atoms with E-state index in [2.05, 4.69) is 29.4 Å². The van der Waals surface area contributed by atoms with Gasteiger partial charge in [-0.05, 0) is 44.1 Å². The molecule has 1 saturated heterocycles. The molecule has 2 heterocycles. The molecule has 6 nitrogen and oxygen atoms in total. The molecule has 2 amide bonds. The highest BCUT2D eigenvalue weighted by Crippen LogP contribution is 2.34. The van der Waals surface area contributed by atoms with E-state index in [-0.39, 0.29) is 23.3 Å². The zero-order valence-electron chi connectivity index (χ0n) is 15.8. The molecular formula is C19H30N4O2. The summed E-state index contributed by atoms with van der Waals surface area (Å²) in [6, 6.07) is 1.83. The number of hydrogen-bond donors (Lipinski definition) is 2. The smallest absolute Gasteiger partial charge is 0.274 e. The molecule has 0 radical (unpaired) electrons. The molecular weight excluding hydrogens is 316 g/mol. The summed E-state index contributed by atoms with van der Waals surface area (Å²) in [4.78, 5) is 27.0. The topological polar surface area (TPSA) is 78.1 Å². The van der Waals surface area contributed by atoms with Gasteiger partial charge in [0, 0.05) is 24.7 Å². The van der Waals surface area contributed by atoms with Gasteiger partial charge in [-0.15, -0.1) is 0 Å². The van der Waals surface area contributed by atoms with E-state index in [1.807, 2.05) is 19.9 Å². The Morgan fingerprint density at radius 1 is 1.36 bits per heavy atom. The number of aromatic amines is 1. The molecule has 1 saturated carbocycles. The Morgan fingerprint density at radius 2 is 2.08 bits per heavy atom. The monoisotopic (exact) mass is 346 g/mol. The third-order valence-electron chi connectivity index (χ3n) is 5.89. The molecule has 3 rings (SSSR count). The number of nitrogens with one attached hydrogen (secondary N) is 2. The van der Waals surface area contributed by atoms with Gasteiger partial charge in [-0.3, -0.25) is 14.7 Å². The minimum atomic E-state index is -0.345. The van der Waals surface area contributed by atoms with Crippen LogP contribution in [0.25, 0.3) is 0 Å². The fourth-order valence-electron chi connectivity index (χ4n) is 3.71. The van der Waals surface area contributed by atoms with E-state index >= 15 is 0 Å². The predicted molar refractivity (Wildman–Crippen MR) is 96.2 cm³/mol. The quantitative estimate of drug-likeness (QED) is 0.860. The molecule has 1 aliphatic carbocycles. The maximum absolute atomic E-state index is 12.7. The number of carbonyl (C=O) groups is 2. The summed E-state index contributed by atoms with van der Waals surface area (Å²) in [5.74, 6) is 0.971. The highest BCUT2D eigenvalue weighted by Gasteiger charge is 2.40.